The van der Waals surface area contributed by atoms with Gasteiger partial charge >= 0.3 is 0 Å². The van der Waals surface area contributed by atoms with Crippen molar-refractivity contribution in [1.82, 2.24) is 14.8 Å². The molecule has 1 saturated heterocycles. The van der Waals surface area contributed by atoms with E-state index in [1.165, 1.54) is 30.6 Å². The van der Waals surface area contributed by atoms with Gasteiger partial charge in [-0.3, -0.25) is 9.48 Å². The fraction of sp³-hybridized carbons (Fsp3) is 0.316. The predicted molar refractivity (Wildman–Crippen MR) is 105 cm³/mol. The van der Waals surface area contributed by atoms with Crippen LogP contribution in [0.3, 0.4) is 0 Å². The standard InChI is InChI=1S/C19H21N5OS/c1-23-12-14(11-20-23)19-22-16(13-26-19)18(25)21-15-7-3-4-8-17(15)24-9-5-2-6-10-24/h3-4,7-8,11-13H,2,5-6,9-10H2,1H3,(H,21,25). The molecule has 7 heteroatoms. The van der Waals surface area contributed by atoms with Crippen molar-refractivity contribution in [1.29, 1.82) is 0 Å². The van der Waals surface area contributed by atoms with Gasteiger partial charge in [0.15, 0.2) is 0 Å². The number of carbonyl (C=O) groups is 1. The highest BCUT2D eigenvalue weighted by Crippen LogP contribution is 2.29. The highest BCUT2D eigenvalue weighted by Gasteiger charge is 2.18. The number of piperidine rings is 1. The molecule has 1 aliphatic heterocycles. The summed E-state index contributed by atoms with van der Waals surface area (Å²) in [5, 5.41) is 9.78. The molecule has 0 saturated carbocycles. The van der Waals surface area contributed by atoms with E-state index >= 15 is 0 Å². The quantitative estimate of drug-likeness (QED) is 0.762. The zero-order valence-corrected chi connectivity index (χ0v) is 15.5. The van der Waals surface area contributed by atoms with Crippen LogP contribution in [-0.4, -0.2) is 33.8 Å². The Labute approximate surface area is 156 Å². The Morgan fingerprint density at radius 1 is 1.19 bits per heavy atom. The summed E-state index contributed by atoms with van der Waals surface area (Å²) in [6, 6.07) is 7.99. The number of hydrogen-bond acceptors (Lipinski definition) is 5. The molecule has 1 aliphatic rings. The average Bonchev–Trinajstić information content (AvgIpc) is 3.32. The van der Waals surface area contributed by atoms with Crippen molar-refractivity contribution >= 4 is 28.6 Å². The smallest absolute Gasteiger partial charge is 0.275 e. The molecule has 0 radical (unpaired) electrons. The minimum Gasteiger partial charge on any atom is -0.370 e. The van der Waals surface area contributed by atoms with E-state index < -0.39 is 0 Å². The van der Waals surface area contributed by atoms with Crippen molar-refractivity contribution in [2.75, 3.05) is 23.3 Å². The van der Waals surface area contributed by atoms with Crippen LogP contribution in [0, 0.1) is 0 Å². The summed E-state index contributed by atoms with van der Waals surface area (Å²) in [6.45, 7) is 2.07. The summed E-state index contributed by atoms with van der Waals surface area (Å²) in [5.74, 6) is -0.180. The maximum Gasteiger partial charge on any atom is 0.275 e. The highest BCUT2D eigenvalue weighted by molar-refractivity contribution is 7.13. The van der Waals surface area contributed by atoms with Crippen molar-refractivity contribution in [2.24, 2.45) is 7.05 Å². The fourth-order valence-electron chi connectivity index (χ4n) is 3.22. The molecule has 3 heterocycles. The lowest BCUT2D eigenvalue weighted by Gasteiger charge is -2.30. The van der Waals surface area contributed by atoms with Crippen LogP contribution in [0.1, 0.15) is 29.8 Å². The van der Waals surface area contributed by atoms with E-state index in [-0.39, 0.29) is 5.91 Å². The maximum atomic E-state index is 12.7. The Morgan fingerprint density at radius 2 is 2.00 bits per heavy atom. The number of amides is 1. The number of benzene rings is 1. The van der Waals surface area contributed by atoms with E-state index in [4.69, 9.17) is 0 Å². The minimum atomic E-state index is -0.180. The van der Waals surface area contributed by atoms with E-state index in [2.05, 4.69) is 26.4 Å². The summed E-state index contributed by atoms with van der Waals surface area (Å²) in [5.41, 5.74) is 3.28. The molecular formula is C19H21N5OS. The number of carbonyl (C=O) groups excluding carboxylic acids is 1. The number of aromatic nitrogens is 3. The zero-order valence-electron chi connectivity index (χ0n) is 14.7. The average molecular weight is 367 g/mol. The number of para-hydroxylation sites is 2. The van der Waals surface area contributed by atoms with Gasteiger partial charge in [0, 0.05) is 37.3 Å². The van der Waals surface area contributed by atoms with Crippen molar-refractivity contribution in [3.05, 3.63) is 47.7 Å². The molecule has 6 nitrogen and oxygen atoms in total. The minimum absolute atomic E-state index is 0.180. The predicted octanol–water partition coefficient (Wildman–Crippen LogP) is 3.79. The van der Waals surface area contributed by atoms with Crippen molar-refractivity contribution in [3.63, 3.8) is 0 Å². The molecule has 0 spiro atoms. The van der Waals surface area contributed by atoms with Gasteiger partial charge in [-0.15, -0.1) is 11.3 Å². The third kappa shape index (κ3) is 3.48. The van der Waals surface area contributed by atoms with E-state index in [0.29, 0.717) is 5.69 Å². The van der Waals surface area contributed by atoms with E-state index in [1.807, 2.05) is 31.4 Å². The first-order valence-corrected chi connectivity index (χ1v) is 9.68. The van der Waals surface area contributed by atoms with Gasteiger partial charge in [-0.1, -0.05) is 12.1 Å². The number of hydrogen-bond donors (Lipinski definition) is 1. The molecule has 134 valence electrons. The van der Waals surface area contributed by atoms with Gasteiger partial charge in [0.2, 0.25) is 0 Å². The third-order valence-electron chi connectivity index (χ3n) is 4.54. The third-order valence-corrected chi connectivity index (χ3v) is 5.43. The Bertz CT molecular complexity index is 910. The molecule has 1 N–H and O–H groups in total. The van der Waals surface area contributed by atoms with E-state index in [0.717, 1.165) is 35.0 Å². The van der Waals surface area contributed by atoms with Crippen LogP contribution in [-0.2, 0) is 7.05 Å². The number of thiazole rings is 1. The van der Waals surface area contributed by atoms with Crippen molar-refractivity contribution in [2.45, 2.75) is 19.3 Å². The molecule has 1 aromatic carbocycles. The van der Waals surface area contributed by atoms with Crippen LogP contribution in [0.15, 0.2) is 42.0 Å². The molecular weight excluding hydrogens is 346 g/mol. The van der Waals surface area contributed by atoms with Crippen LogP contribution in [0.25, 0.3) is 10.6 Å². The van der Waals surface area contributed by atoms with E-state index in [9.17, 15) is 4.79 Å². The molecule has 4 rings (SSSR count). The summed E-state index contributed by atoms with van der Waals surface area (Å²) in [7, 11) is 1.86. The number of nitrogens with zero attached hydrogens (tertiary/aromatic N) is 4. The lowest BCUT2D eigenvalue weighted by atomic mass is 10.1. The van der Waals surface area contributed by atoms with Gasteiger partial charge in [-0.25, -0.2) is 4.98 Å². The topological polar surface area (TPSA) is 63.1 Å². The van der Waals surface area contributed by atoms with Crippen LogP contribution in [0.4, 0.5) is 11.4 Å². The van der Waals surface area contributed by atoms with Crippen LogP contribution in [0.2, 0.25) is 0 Å². The van der Waals surface area contributed by atoms with E-state index in [1.54, 1.807) is 16.3 Å². The number of anilines is 2. The molecule has 0 bridgehead atoms. The zero-order chi connectivity index (χ0) is 17.9. The Morgan fingerprint density at radius 3 is 2.77 bits per heavy atom. The monoisotopic (exact) mass is 367 g/mol. The SMILES string of the molecule is Cn1cc(-c2nc(C(=O)Nc3ccccc3N3CCCCC3)cs2)cn1. The molecule has 1 amide bonds. The molecule has 0 unspecified atom stereocenters. The largest absolute Gasteiger partial charge is 0.370 e. The normalized spacial score (nSPS) is 14.4. The molecule has 0 aliphatic carbocycles. The van der Waals surface area contributed by atoms with Gasteiger partial charge in [0.05, 0.1) is 17.6 Å². The first-order chi connectivity index (χ1) is 12.7. The first-order valence-electron chi connectivity index (χ1n) is 8.80. The second kappa shape index (κ2) is 7.29. The summed E-state index contributed by atoms with van der Waals surface area (Å²) in [6.07, 6.45) is 7.32. The van der Waals surface area contributed by atoms with Crippen molar-refractivity contribution < 1.29 is 4.79 Å². The Kier molecular flexibility index (Phi) is 4.71. The lowest BCUT2D eigenvalue weighted by Crippen LogP contribution is -2.30. The van der Waals surface area contributed by atoms with Gasteiger partial charge in [0.25, 0.3) is 5.91 Å². The van der Waals surface area contributed by atoms with Crippen LogP contribution < -0.4 is 10.2 Å². The van der Waals surface area contributed by atoms with Gasteiger partial charge < -0.3 is 10.2 Å². The first kappa shape index (κ1) is 16.8. The second-order valence-electron chi connectivity index (χ2n) is 6.46. The molecule has 1 fully saturated rings. The molecule has 3 aromatic rings. The maximum absolute atomic E-state index is 12.7. The molecule has 2 aromatic heterocycles. The summed E-state index contributed by atoms with van der Waals surface area (Å²) < 4.78 is 1.73. The van der Waals surface area contributed by atoms with Gasteiger partial charge in [0.1, 0.15) is 10.7 Å². The Hall–Kier alpha value is -2.67. The van der Waals surface area contributed by atoms with Gasteiger partial charge in [-0.05, 0) is 31.4 Å². The molecule has 26 heavy (non-hydrogen) atoms. The fourth-order valence-corrected chi connectivity index (χ4v) is 3.99. The van der Waals surface area contributed by atoms with Gasteiger partial charge in [-0.2, -0.15) is 5.10 Å². The molecule has 0 atom stereocenters. The van der Waals surface area contributed by atoms with Crippen LogP contribution >= 0.6 is 11.3 Å². The second-order valence-corrected chi connectivity index (χ2v) is 7.32. The van der Waals surface area contributed by atoms with Crippen LogP contribution in [0.5, 0.6) is 0 Å². The highest BCUT2D eigenvalue weighted by atomic mass is 32.1. The number of nitrogens with one attached hydrogen (secondary N) is 1. The Balaban J connectivity index is 1.53. The number of aryl methyl sites for hydroxylation is 1. The summed E-state index contributed by atoms with van der Waals surface area (Å²) in [4.78, 5) is 19.5. The number of rotatable bonds is 4. The lowest BCUT2D eigenvalue weighted by molar-refractivity contribution is 0.102. The van der Waals surface area contributed by atoms with Crippen molar-refractivity contribution in [3.8, 4) is 10.6 Å². The summed E-state index contributed by atoms with van der Waals surface area (Å²) >= 11 is 1.45.